The Morgan fingerprint density at radius 3 is 2.93 bits per heavy atom. The fourth-order valence-corrected chi connectivity index (χ4v) is 1.53. The van der Waals surface area contributed by atoms with Crippen LogP contribution in [0.3, 0.4) is 0 Å². The highest BCUT2D eigenvalue weighted by Crippen LogP contribution is 2.03. The van der Waals surface area contributed by atoms with E-state index in [2.05, 4.69) is 15.5 Å². The van der Waals surface area contributed by atoms with Crippen molar-refractivity contribution in [1.29, 1.82) is 0 Å². The lowest BCUT2D eigenvalue weighted by Gasteiger charge is -2.04. The number of hydrogen-bond acceptors (Lipinski definition) is 3. The van der Waals surface area contributed by atoms with Crippen LogP contribution in [0, 0.1) is 0 Å². The topological polar surface area (TPSA) is 47.7 Å². The van der Waals surface area contributed by atoms with Crippen molar-refractivity contribution in [1.82, 2.24) is 24.9 Å². The van der Waals surface area contributed by atoms with Gasteiger partial charge in [0.2, 0.25) is 0 Å². The van der Waals surface area contributed by atoms with E-state index in [0.717, 1.165) is 18.8 Å². The summed E-state index contributed by atoms with van der Waals surface area (Å²) in [6, 6.07) is 4.02. The van der Waals surface area contributed by atoms with Crippen LogP contribution in [0.5, 0.6) is 0 Å². The van der Waals surface area contributed by atoms with Gasteiger partial charge in [0.15, 0.2) is 0 Å². The Balaban J connectivity index is 2.13. The van der Waals surface area contributed by atoms with Crippen LogP contribution in [0.1, 0.15) is 11.4 Å². The first-order chi connectivity index (χ1) is 7.29. The highest BCUT2D eigenvalue weighted by atomic mass is 15.3. The highest BCUT2D eigenvalue weighted by Gasteiger charge is 2.03. The third kappa shape index (κ3) is 2.24. The summed E-state index contributed by atoms with van der Waals surface area (Å²) in [5, 5.41) is 11.7. The summed E-state index contributed by atoms with van der Waals surface area (Å²) in [5.74, 6) is 0. The molecule has 80 valence electrons. The smallest absolute Gasteiger partial charge is 0.0853 e. The zero-order valence-electron chi connectivity index (χ0n) is 9.01. The van der Waals surface area contributed by atoms with Crippen molar-refractivity contribution in [3.8, 4) is 0 Å². The van der Waals surface area contributed by atoms with Crippen LogP contribution in [-0.4, -0.2) is 26.6 Å². The lowest BCUT2D eigenvalue weighted by molar-refractivity contribution is 0.604. The zero-order valence-corrected chi connectivity index (χ0v) is 9.01. The van der Waals surface area contributed by atoms with Crippen LogP contribution >= 0.6 is 0 Å². The van der Waals surface area contributed by atoms with E-state index in [9.17, 15) is 0 Å². The van der Waals surface area contributed by atoms with Gasteiger partial charge in [-0.25, -0.2) is 0 Å². The van der Waals surface area contributed by atoms with E-state index in [1.165, 1.54) is 5.69 Å². The molecule has 0 bridgehead atoms. The van der Waals surface area contributed by atoms with Gasteiger partial charge < -0.3 is 5.32 Å². The number of nitrogens with one attached hydrogen (secondary N) is 1. The van der Waals surface area contributed by atoms with Crippen LogP contribution in [0.2, 0.25) is 0 Å². The van der Waals surface area contributed by atoms with Crippen molar-refractivity contribution < 1.29 is 0 Å². The van der Waals surface area contributed by atoms with Gasteiger partial charge in [0.25, 0.3) is 0 Å². The minimum atomic E-state index is 0.727. The Hall–Kier alpha value is -1.62. The van der Waals surface area contributed by atoms with Crippen molar-refractivity contribution in [2.45, 2.75) is 13.1 Å². The van der Waals surface area contributed by atoms with Gasteiger partial charge in [0, 0.05) is 26.0 Å². The SMILES string of the molecule is CNCc1ccnn1Cc1ccn(C)n1. The summed E-state index contributed by atoms with van der Waals surface area (Å²) in [6.07, 6.45) is 3.76. The van der Waals surface area contributed by atoms with Crippen LogP contribution in [0.4, 0.5) is 0 Å². The van der Waals surface area contributed by atoms with E-state index in [1.54, 1.807) is 4.68 Å². The number of nitrogens with zero attached hydrogens (tertiary/aromatic N) is 4. The molecule has 0 aliphatic rings. The molecular weight excluding hydrogens is 190 g/mol. The number of hydrogen-bond donors (Lipinski definition) is 1. The summed E-state index contributed by atoms with van der Waals surface area (Å²) in [7, 11) is 3.85. The first-order valence-electron chi connectivity index (χ1n) is 4.93. The third-order valence-corrected chi connectivity index (χ3v) is 2.24. The number of aromatic nitrogens is 4. The second kappa shape index (κ2) is 4.27. The van der Waals surface area contributed by atoms with Gasteiger partial charge in [-0.3, -0.25) is 9.36 Å². The van der Waals surface area contributed by atoms with E-state index < -0.39 is 0 Å². The Kier molecular flexibility index (Phi) is 2.82. The predicted octanol–water partition coefficient (Wildman–Crippen LogP) is 0.384. The first-order valence-corrected chi connectivity index (χ1v) is 4.93. The molecule has 5 nitrogen and oxygen atoms in total. The Bertz CT molecular complexity index is 428. The molecule has 5 heteroatoms. The van der Waals surface area contributed by atoms with Gasteiger partial charge in [-0.2, -0.15) is 10.2 Å². The van der Waals surface area contributed by atoms with Crippen LogP contribution < -0.4 is 5.32 Å². The lowest BCUT2D eigenvalue weighted by Crippen LogP contribution is -2.13. The molecule has 2 aromatic heterocycles. The van der Waals surface area contributed by atoms with Crippen LogP contribution in [0.15, 0.2) is 24.5 Å². The van der Waals surface area contributed by atoms with Gasteiger partial charge in [-0.05, 0) is 19.2 Å². The van der Waals surface area contributed by atoms with Gasteiger partial charge >= 0.3 is 0 Å². The van der Waals surface area contributed by atoms with E-state index in [-0.39, 0.29) is 0 Å². The first kappa shape index (κ1) is 9.92. The molecule has 2 heterocycles. The Labute approximate surface area is 88.7 Å². The van der Waals surface area contributed by atoms with E-state index in [4.69, 9.17) is 0 Å². The molecular formula is C10H15N5. The molecule has 2 aromatic rings. The maximum absolute atomic E-state index is 4.32. The second-order valence-electron chi connectivity index (χ2n) is 3.49. The number of aryl methyl sites for hydroxylation is 1. The molecule has 0 saturated heterocycles. The van der Waals surface area contributed by atoms with Gasteiger partial charge in [-0.15, -0.1) is 0 Å². The van der Waals surface area contributed by atoms with Crippen molar-refractivity contribution in [3.05, 3.63) is 35.9 Å². The fraction of sp³-hybridized carbons (Fsp3) is 0.400. The van der Waals surface area contributed by atoms with Crippen molar-refractivity contribution in [2.24, 2.45) is 7.05 Å². The van der Waals surface area contributed by atoms with Gasteiger partial charge in [0.05, 0.1) is 17.9 Å². The highest BCUT2D eigenvalue weighted by molar-refractivity contribution is 5.05. The maximum atomic E-state index is 4.32. The summed E-state index contributed by atoms with van der Waals surface area (Å²) < 4.78 is 3.76. The normalized spacial score (nSPS) is 10.8. The number of rotatable bonds is 4. The molecule has 0 atom stereocenters. The van der Waals surface area contributed by atoms with Gasteiger partial charge in [0.1, 0.15) is 0 Å². The molecule has 0 unspecified atom stereocenters. The quantitative estimate of drug-likeness (QED) is 0.785. The largest absolute Gasteiger partial charge is 0.314 e. The summed E-state index contributed by atoms with van der Waals surface area (Å²) in [4.78, 5) is 0. The summed E-state index contributed by atoms with van der Waals surface area (Å²) in [6.45, 7) is 1.55. The van der Waals surface area contributed by atoms with Crippen molar-refractivity contribution in [3.63, 3.8) is 0 Å². The molecule has 2 rings (SSSR count). The van der Waals surface area contributed by atoms with Crippen molar-refractivity contribution >= 4 is 0 Å². The molecule has 1 N–H and O–H groups in total. The standard InChI is InChI=1S/C10H15N5/c1-11-7-10-3-5-12-15(10)8-9-4-6-14(2)13-9/h3-6,11H,7-8H2,1-2H3. The Morgan fingerprint density at radius 2 is 2.27 bits per heavy atom. The molecule has 15 heavy (non-hydrogen) atoms. The molecule has 0 radical (unpaired) electrons. The molecule has 0 aromatic carbocycles. The average Bonchev–Trinajstić information content (AvgIpc) is 2.78. The molecule has 0 aliphatic carbocycles. The lowest BCUT2D eigenvalue weighted by atomic mass is 10.4. The zero-order chi connectivity index (χ0) is 10.7. The predicted molar refractivity (Wildman–Crippen MR) is 57.3 cm³/mol. The average molecular weight is 205 g/mol. The summed E-state index contributed by atoms with van der Waals surface area (Å²) in [5.41, 5.74) is 2.20. The molecule has 0 fully saturated rings. The molecule has 0 amide bonds. The van der Waals surface area contributed by atoms with E-state index in [0.29, 0.717) is 0 Å². The van der Waals surface area contributed by atoms with Crippen molar-refractivity contribution in [2.75, 3.05) is 7.05 Å². The molecule has 0 aliphatic heterocycles. The van der Waals surface area contributed by atoms with E-state index in [1.807, 2.05) is 43.3 Å². The third-order valence-electron chi connectivity index (χ3n) is 2.24. The minimum absolute atomic E-state index is 0.727. The fourth-order valence-electron chi connectivity index (χ4n) is 1.53. The maximum Gasteiger partial charge on any atom is 0.0853 e. The Morgan fingerprint density at radius 1 is 1.40 bits per heavy atom. The second-order valence-corrected chi connectivity index (χ2v) is 3.49. The summed E-state index contributed by atoms with van der Waals surface area (Å²) >= 11 is 0. The van der Waals surface area contributed by atoms with Crippen LogP contribution in [0.25, 0.3) is 0 Å². The molecule has 0 saturated carbocycles. The van der Waals surface area contributed by atoms with Crippen LogP contribution in [-0.2, 0) is 20.1 Å². The monoisotopic (exact) mass is 205 g/mol. The van der Waals surface area contributed by atoms with Gasteiger partial charge in [-0.1, -0.05) is 0 Å². The minimum Gasteiger partial charge on any atom is -0.314 e. The van der Waals surface area contributed by atoms with E-state index >= 15 is 0 Å². The molecule has 0 spiro atoms.